The van der Waals surface area contributed by atoms with Gasteiger partial charge in [-0.2, -0.15) is 5.10 Å². The summed E-state index contributed by atoms with van der Waals surface area (Å²) in [6.45, 7) is 5.34. The van der Waals surface area contributed by atoms with Gasteiger partial charge in [0.05, 0.1) is 11.4 Å². The van der Waals surface area contributed by atoms with Crippen LogP contribution in [0.3, 0.4) is 0 Å². The lowest BCUT2D eigenvalue weighted by Crippen LogP contribution is -2.42. The van der Waals surface area contributed by atoms with Crippen molar-refractivity contribution in [3.05, 3.63) is 24.3 Å². The Labute approximate surface area is 152 Å². The number of H-pyrrole nitrogens is 1. The molecular weight excluding hydrogens is 330 g/mol. The van der Waals surface area contributed by atoms with E-state index in [-0.39, 0.29) is 24.2 Å². The molecule has 0 spiro atoms. The summed E-state index contributed by atoms with van der Waals surface area (Å²) in [7, 11) is 0. The first-order valence-electron chi connectivity index (χ1n) is 9.42. The van der Waals surface area contributed by atoms with Crippen molar-refractivity contribution in [1.82, 2.24) is 20.4 Å². The molecule has 0 aliphatic carbocycles. The fraction of sp³-hybridized carbons (Fsp3) is 0.526. The van der Waals surface area contributed by atoms with Gasteiger partial charge >= 0.3 is 0 Å². The lowest BCUT2D eigenvalue weighted by atomic mass is 10.1. The Hall–Kier alpha value is -2.41. The number of carbonyl (C=O) groups excluding carboxylic acids is 2. The molecule has 3 heterocycles. The van der Waals surface area contributed by atoms with Crippen LogP contribution in [0.25, 0.3) is 10.9 Å². The number of benzene rings is 1. The molecule has 7 nitrogen and oxygen atoms in total. The van der Waals surface area contributed by atoms with Crippen LogP contribution in [-0.2, 0) is 9.59 Å². The molecule has 2 saturated heterocycles. The predicted octanol–water partition coefficient (Wildman–Crippen LogP) is 1.52. The summed E-state index contributed by atoms with van der Waals surface area (Å²) in [5.41, 5.74) is 0.893. The summed E-state index contributed by atoms with van der Waals surface area (Å²) >= 11 is 0. The highest BCUT2D eigenvalue weighted by molar-refractivity contribution is 6.05. The van der Waals surface area contributed by atoms with Crippen LogP contribution in [0.15, 0.2) is 24.3 Å². The van der Waals surface area contributed by atoms with E-state index in [1.165, 1.54) is 6.42 Å². The molecule has 2 unspecified atom stereocenters. The Morgan fingerprint density at radius 3 is 3.08 bits per heavy atom. The Morgan fingerprint density at radius 2 is 2.23 bits per heavy atom. The molecule has 2 atom stereocenters. The number of likely N-dealkylation sites (tertiary alicyclic amines) is 1. The molecule has 4 rings (SSSR count). The fourth-order valence-electron chi connectivity index (χ4n) is 4.15. The number of hydrogen-bond donors (Lipinski definition) is 2. The maximum atomic E-state index is 12.6. The maximum Gasteiger partial charge on any atom is 0.229 e. The molecule has 2 aliphatic rings. The number of likely N-dealkylation sites (N-methyl/N-ethyl adjacent to an activating group) is 1. The van der Waals surface area contributed by atoms with E-state index in [2.05, 4.69) is 27.3 Å². The highest BCUT2D eigenvalue weighted by Crippen LogP contribution is 2.29. The Bertz CT molecular complexity index is 817. The van der Waals surface area contributed by atoms with E-state index in [1.54, 1.807) is 4.90 Å². The average Bonchev–Trinajstić information content (AvgIpc) is 3.37. The Kier molecular flexibility index (Phi) is 4.63. The molecule has 1 aromatic carbocycles. The van der Waals surface area contributed by atoms with Gasteiger partial charge in [0.2, 0.25) is 11.8 Å². The number of rotatable bonds is 5. The minimum atomic E-state index is -0.311. The molecule has 2 aliphatic heterocycles. The lowest BCUT2D eigenvalue weighted by molar-refractivity contribution is -0.126. The van der Waals surface area contributed by atoms with Crippen molar-refractivity contribution in [3.63, 3.8) is 0 Å². The second-order valence-electron chi connectivity index (χ2n) is 7.17. The van der Waals surface area contributed by atoms with Crippen LogP contribution in [0.2, 0.25) is 0 Å². The third-order valence-corrected chi connectivity index (χ3v) is 5.62. The Balaban J connectivity index is 1.40. The minimum Gasteiger partial charge on any atom is -0.354 e. The van der Waals surface area contributed by atoms with Crippen molar-refractivity contribution in [2.75, 3.05) is 31.1 Å². The smallest absolute Gasteiger partial charge is 0.229 e. The molecule has 0 bridgehead atoms. The quantitative estimate of drug-likeness (QED) is 0.852. The third-order valence-electron chi connectivity index (χ3n) is 5.62. The number of nitrogens with zero attached hydrogens (tertiary/aromatic N) is 3. The number of aromatic nitrogens is 2. The van der Waals surface area contributed by atoms with Gasteiger partial charge in [-0.3, -0.25) is 24.5 Å². The second-order valence-corrected chi connectivity index (χ2v) is 7.17. The molecule has 2 amide bonds. The monoisotopic (exact) mass is 355 g/mol. The van der Waals surface area contributed by atoms with Gasteiger partial charge in [0.25, 0.3) is 0 Å². The maximum absolute atomic E-state index is 12.6. The van der Waals surface area contributed by atoms with Gasteiger partial charge < -0.3 is 5.32 Å². The van der Waals surface area contributed by atoms with Crippen molar-refractivity contribution in [3.8, 4) is 0 Å². The number of hydrogen-bond acceptors (Lipinski definition) is 4. The number of fused-ring (bicyclic) bond motifs is 1. The molecular formula is C19H25N5O2. The van der Waals surface area contributed by atoms with Gasteiger partial charge in [-0.25, -0.2) is 0 Å². The van der Waals surface area contributed by atoms with E-state index in [0.717, 1.165) is 30.4 Å². The van der Waals surface area contributed by atoms with E-state index < -0.39 is 0 Å². The highest BCUT2D eigenvalue weighted by Gasteiger charge is 2.37. The number of aromatic amines is 1. The topological polar surface area (TPSA) is 81.3 Å². The van der Waals surface area contributed by atoms with Gasteiger partial charge in [0.1, 0.15) is 0 Å². The van der Waals surface area contributed by atoms with E-state index in [1.807, 2.05) is 24.3 Å². The normalized spacial score (nSPS) is 23.9. The summed E-state index contributed by atoms with van der Waals surface area (Å²) in [4.78, 5) is 29.1. The zero-order valence-corrected chi connectivity index (χ0v) is 15.1. The number of para-hydroxylation sites is 1. The minimum absolute atomic E-state index is 0.0244. The van der Waals surface area contributed by atoms with Crippen LogP contribution in [-0.4, -0.2) is 59.1 Å². The molecule has 0 radical (unpaired) electrons. The van der Waals surface area contributed by atoms with E-state index >= 15 is 0 Å². The van der Waals surface area contributed by atoms with Gasteiger partial charge in [-0.05, 0) is 38.1 Å². The van der Waals surface area contributed by atoms with Crippen molar-refractivity contribution in [2.24, 2.45) is 5.92 Å². The van der Waals surface area contributed by atoms with Gasteiger partial charge in [-0.1, -0.05) is 19.1 Å². The number of anilines is 1. The molecule has 2 fully saturated rings. The first kappa shape index (κ1) is 17.0. The van der Waals surface area contributed by atoms with Crippen LogP contribution in [0, 0.1) is 5.92 Å². The summed E-state index contributed by atoms with van der Waals surface area (Å²) < 4.78 is 0. The van der Waals surface area contributed by atoms with Gasteiger partial charge in [0, 0.05) is 30.9 Å². The van der Waals surface area contributed by atoms with Gasteiger partial charge in [0.15, 0.2) is 5.82 Å². The zero-order chi connectivity index (χ0) is 18.1. The van der Waals surface area contributed by atoms with Crippen LogP contribution < -0.4 is 10.2 Å². The van der Waals surface area contributed by atoms with E-state index in [4.69, 9.17) is 0 Å². The molecule has 138 valence electrons. The van der Waals surface area contributed by atoms with Crippen molar-refractivity contribution in [1.29, 1.82) is 0 Å². The summed E-state index contributed by atoms with van der Waals surface area (Å²) in [5.74, 6) is 0.241. The summed E-state index contributed by atoms with van der Waals surface area (Å²) in [5, 5.41) is 11.2. The Morgan fingerprint density at radius 1 is 1.38 bits per heavy atom. The van der Waals surface area contributed by atoms with E-state index in [0.29, 0.717) is 24.9 Å². The molecule has 26 heavy (non-hydrogen) atoms. The van der Waals surface area contributed by atoms with Crippen LogP contribution >= 0.6 is 0 Å². The van der Waals surface area contributed by atoms with Gasteiger partial charge in [-0.15, -0.1) is 0 Å². The van der Waals surface area contributed by atoms with Crippen LogP contribution in [0.5, 0.6) is 0 Å². The van der Waals surface area contributed by atoms with Crippen molar-refractivity contribution in [2.45, 2.75) is 32.2 Å². The molecule has 7 heteroatoms. The van der Waals surface area contributed by atoms with E-state index in [9.17, 15) is 9.59 Å². The first-order chi connectivity index (χ1) is 12.7. The highest BCUT2D eigenvalue weighted by atomic mass is 16.2. The fourth-order valence-corrected chi connectivity index (χ4v) is 4.15. The average molecular weight is 355 g/mol. The largest absolute Gasteiger partial charge is 0.354 e. The molecule has 2 N–H and O–H groups in total. The first-order valence-corrected chi connectivity index (χ1v) is 9.42. The summed E-state index contributed by atoms with van der Waals surface area (Å²) in [6, 6.07) is 8.14. The second kappa shape index (κ2) is 7.07. The SMILES string of the molecule is CCN1CCCC1CNC(=O)C1CC(=O)N(c2n[nH]c3ccccc23)C1. The standard InChI is InChI=1S/C19H25N5O2/c1-2-23-9-5-6-14(23)11-20-19(26)13-10-17(25)24(12-13)18-15-7-3-4-8-16(15)21-22-18/h3-4,7-8,13-14H,2,5-6,9-12H2,1H3,(H,20,26)(H,21,22). The molecule has 0 saturated carbocycles. The number of amides is 2. The zero-order valence-electron chi connectivity index (χ0n) is 15.1. The van der Waals surface area contributed by atoms with Crippen molar-refractivity contribution < 1.29 is 9.59 Å². The predicted molar refractivity (Wildman–Crippen MR) is 99.8 cm³/mol. The summed E-state index contributed by atoms with van der Waals surface area (Å²) in [6.07, 6.45) is 2.56. The molecule has 1 aromatic heterocycles. The van der Waals surface area contributed by atoms with Crippen LogP contribution in [0.1, 0.15) is 26.2 Å². The third kappa shape index (κ3) is 3.07. The number of carbonyl (C=O) groups is 2. The lowest BCUT2D eigenvalue weighted by Gasteiger charge is -2.23. The number of nitrogens with one attached hydrogen (secondary N) is 2. The van der Waals surface area contributed by atoms with Crippen molar-refractivity contribution >= 4 is 28.5 Å². The molecule has 2 aromatic rings. The van der Waals surface area contributed by atoms with Crippen LogP contribution in [0.4, 0.5) is 5.82 Å².